The van der Waals surface area contributed by atoms with Crippen LogP contribution in [-0.2, 0) is 7.05 Å². The highest BCUT2D eigenvalue weighted by molar-refractivity contribution is 5.88. The molecule has 1 aliphatic rings. The van der Waals surface area contributed by atoms with E-state index in [1.54, 1.807) is 0 Å². The number of hydrogen-bond donors (Lipinski definition) is 1. The summed E-state index contributed by atoms with van der Waals surface area (Å²) in [5.41, 5.74) is 4.93. The Hall–Kier alpha value is -3.49. The summed E-state index contributed by atoms with van der Waals surface area (Å²) >= 11 is 0. The molecule has 1 N–H and O–H groups in total. The van der Waals surface area contributed by atoms with Crippen molar-refractivity contribution in [2.75, 3.05) is 70.6 Å². The van der Waals surface area contributed by atoms with E-state index in [4.69, 9.17) is 15.0 Å². The minimum atomic E-state index is 0.706. The molecule has 0 saturated carbocycles. The number of anilines is 2. The Labute approximate surface area is 207 Å². The van der Waals surface area contributed by atoms with E-state index >= 15 is 0 Å². The third-order valence-corrected chi connectivity index (χ3v) is 6.60. The van der Waals surface area contributed by atoms with E-state index < -0.39 is 0 Å². The minimum Gasteiger partial charge on any atom is -0.369 e. The monoisotopic (exact) mass is 470 g/mol. The van der Waals surface area contributed by atoms with Gasteiger partial charge in [-0.3, -0.25) is 0 Å². The van der Waals surface area contributed by atoms with Crippen molar-refractivity contribution in [1.82, 2.24) is 29.3 Å². The maximum atomic E-state index is 4.97. The van der Waals surface area contributed by atoms with Crippen LogP contribution in [0.15, 0.2) is 54.6 Å². The van der Waals surface area contributed by atoms with Crippen molar-refractivity contribution in [2.45, 2.75) is 0 Å². The van der Waals surface area contributed by atoms with Gasteiger partial charge in [0.15, 0.2) is 22.8 Å². The molecule has 2 aromatic heterocycles. The molecule has 0 radical (unpaired) electrons. The first-order chi connectivity index (χ1) is 17.0. The number of rotatable bonds is 7. The SMILES string of the molecule is CN(C)CCNc1nc(-c2ccc(N3CCN(C)CC3)cc2)nc2c1nc(-c1ccccc1)n2C. The summed E-state index contributed by atoms with van der Waals surface area (Å²) in [6.07, 6.45) is 0. The van der Waals surface area contributed by atoms with Crippen molar-refractivity contribution in [3.63, 3.8) is 0 Å². The molecule has 0 bridgehead atoms. The molecule has 0 amide bonds. The van der Waals surface area contributed by atoms with Crippen LogP contribution in [0.25, 0.3) is 33.9 Å². The number of fused-ring (bicyclic) bond motifs is 1. The number of likely N-dealkylation sites (N-methyl/N-ethyl adjacent to an activating group) is 2. The molecule has 5 rings (SSSR count). The van der Waals surface area contributed by atoms with Crippen molar-refractivity contribution in [3.8, 4) is 22.8 Å². The Morgan fingerprint density at radius 3 is 2.23 bits per heavy atom. The summed E-state index contributed by atoms with van der Waals surface area (Å²) in [6.45, 7) is 5.96. The van der Waals surface area contributed by atoms with Crippen molar-refractivity contribution >= 4 is 22.7 Å². The van der Waals surface area contributed by atoms with Gasteiger partial charge in [0.25, 0.3) is 0 Å². The average Bonchev–Trinajstić information content (AvgIpc) is 3.21. The summed E-state index contributed by atoms with van der Waals surface area (Å²) in [5.74, 6) is 2.36. The lowest BCUT2D eigenvalue weighted by Crippen LogP contribution is -2.44. The fraction of sp³-hybridized carbons (Fsp3) is 0.370. The van der Waals surface area contributed by atoms with E-state index in [1.807, 2.05) is 25.2 Å². The van der Waals surface area contributed by atoms with Crippen LogP contribution >= 0.6 is 0 Å². The molecule has 2 aromatic carbocycles. The van der Waals surface area contributed by atoms with E-state index in [0.717, 1.165) is 73.2 Å². The Bertz CT molecular complexity index is 1270. The normalized spacial score (nSPS) is 14.7. The molecule has 3 heterocycles. The quantitative estimate of drug-likeness (QED) is 0.444. The molecule has 0 aliphatic carbocycles. The highest BCUT2D eigenvalue weighted by Gasteiger charge is 2.19. The van der Waals surface area contributed by atoms with Crippen molar-refractivity contribution in [2.24, 2.45) is 7.05 Å². The molecular weight excluding hydrogens is 436 g/mol. The van der Waals surface area contributed by atoms with Gasteiger partial charge in [0.1, 0.15) is 5.82 Å². The lowest BCUT2D eigenvalue weighted by atomic mass is 10.1. The first-order valence-corrected chi connectivity index (χ1v) is 12.2. The van der Waals surface area contributed by atoms with Gasteiger partial charge in [-0.2, -0.15) is 0 Å². The predicted octanol–water partition coefficient (Wildman–Crippen LogP) is 3.42. The highest BCUT2D eigenvalue weighted by atomic mass is 15.2. The van der Waals surface area contributed by atoms with Gasteiger partial charge in [0.2, 0.25) is 0 Å². The van der Waals surface area contributed by atoms with Crippen LogP contribution in [0.3, 0.4) is 0 Å². The molecule has 0 unspecified atom stereocenters. The Morgan fingerprint density at radius 2 is 1.54 bits per heavy atom. The number of piperazine rings is 1. The molecule has 1 aliphatic heterocycles. The smallest absolute Gasteiger partial charge is 0.166 e. The summed E-state index contributed by atoms with van der Waals surface area (Å²) in [7, 11) is 8.34. The Balaban J connectivity index is 1.52. The van der Waals surface area contributed by atoms with Gasteiger partial charge in [-0.15, -0.1) is 0 Å². The molecular formula is C27H34N8. The molecule has 8 heteroatoms. The molecule has 1 fully saturated rings. The zero-order chi connectivity index (χ0) is 24.4. The Morgan fingerprint density at radius 1 is 0.829 bits per heavy atom. The van der Waals surface area contributed by atoms with Gasteiger partial charge in [-0.1, -0.05) is 30.3 Å². The standard InChI is InChI=1S/C27H34N8/c1-32(2)15-14-28-25-23-27(34(4)26(29-23)21-8-6-5-7-9-21)31-24(30-25)20-10-12-22(13-11-20)35-18-16-33(3)17-19-35/h5-13H,14-19H2,1-4H3,(H,28,30,31). The molecule has 0 atom stereocenters. The van der Waals surface area contributed by atoms with Crippen LogP contribution in [0.1, 0.15) is 0 Å². The van der Waals surface area contributed by atoms with E-state index in [1.165, 1.54) is 5.69 Å². The van der Waals surface area contributed by atoms with Gasteiger partial charge >= 0.3 is 0 Å². The van der Waals surface area contributed by atoms with Crippen LogP contribution in [0, 0.1) is 0 Å². The molecule has 4 aromatic rings. The second kappa shape index (κ2) is 10.0. The predicted molar refractivity (Wildman–Crippen MR) is 144 cm³/mol. The van der Waals surface area contributed by atoms with Gasteiger partial charge in [-0.25, -0.2) is 15.0 Å². The summed E-state index contributed by atoms with van der Waals surface area (Å²) in [6, 6.07) is 18.9. The van der Waals surface area contributed by atoms with Gasteiger partial charge in [0.05, 0.1) is 0 Å². The van der Waals surface area contributed by atoms with Crippen LogP contribution in [0.5, 0.6) is 0 Å². The third kappa shape index (κ3) is 4.99. The van der Waals surface area contributed by atoms with Crippen LogP contribution in [-0.4, -0.2) is 89.7 Å². The molecule has 0 spiro atoms. The van der Waals surface area contributed by atoms with Gasteiger partial charge in [0, 0.05) is 63.1 Å². The zero-order valence-electron chi connectivity index (χ0n) is 21.1. The van der Waals surface area contributed by atoms with Gasteiger partial charge < -0.3 is 24.6 Å². The summed E-state index contributed by atoms with van der Waals surface area (Å²) in [5, 5.41) is 3.51. The van der Waals surface area contributed by atoms with Crippen molar-refractivity contribution < 1.29 is 0 Å². The van der Waals surface area contributed by atoms with E-state index in [9.17, 15) is 0 Å². The fourth-order valence-corrected chi connectivity index (χ4v) is 4.44. The number of aryl methyl sites for hydroxylation is 1. The largest absolute Gasteiger partial charge is 0.369 e. The highest BCUT2D eigenvalue weighted by Crippen LogP contribution is 2.29. The lowest BCUT2D eigenvalue weighted by molar-refractivity contribution is 0.313. The number of imidazole rings is 1. The third-order valence-electron chi connectivity index (χ3n) is 6.60. The van der Waals surface area contributed by atoms with Gasteiger partial charge in [-0.05, 0) is 45.4 Å². The van der Waals surface area contributed by atoms with Crippen molar-refractivity contribution in [1.29, 1.82) is 0 Å². The molecule has 8 nitrogen and oxygen atoms in total. The molecule has 182 valence electrons. The minimum absolute atomic E-state index is 0.706. The van der Waals surface area contributed by atoms with Crippen LogP contribution < -0.4 is 10.2 Å². The maximum absolute atomic E-state index is 4.97. The number of benzene rings is 2. The summed E-state index contributed by atoms with van der Waals surface area (Å²) < 4.78 is 2.06. The number of hydrogen-bond acceptors (Lipinski definition) is 7. The fourth-order valence-electron chi connectivity index (χ4n) is 4.44. The maximum Gasteiger partial charge on any atom is 0.166 e. The second-order valence-corrected chi connectivity index (χ2v) is 9.50. The molecule has 35 heavy (non-hydrogen) atoms. The van der Waals surface area contributed by atoms with Crippen LogP contribution in [0.2, 0.25) is 0 Å². The number of nitrogens with one attached hydrogen (secondary N) is 1. The topological polar surface area (TPSA) is 65.3 Å². The number of nitrogens with zero attached hydrogens (tertiary/aromatic N) is 7. The summed E-state index contributed by atoms with van der Waals surface area (Å²) in [4.78, 5) is 21.8. The first kappa shape index (κ1) is 23.3. The number of aromatic nitrogens is 4. The van der Waals surface area contributed by atoms with E-state index in [0.29, 0.717) is 5.82 Å². The lowest BCUT2D eigenvalue weighted by Gasteiger charge is -2.34. The van der Waals surface area contributed by atoms with E-state index in [2.05, 4.69) is 82.1 Å². The van der Waals surface area contributed by atoms with Crippen molar-refractivity contribution in [3.05, 3.63) is 54.6 Å². The van der Waals surface area contributed by atoms with E-state index in [-0.39, 0.29) is 0 Å². The average molecular weight is 471 g/mol. The first-order valence-electron chi connectivity index (χ1n) is 12.2. The van der Waals surface area contributed by atoms with Crippen LogP contribution in [0.4, 0.5) is 11.5 Å². The second-order valence-electron chi connectivity index (χ2n) is 9.50. The zero-order valence-corrected chi connectivity index (χ0v) is 21.1. The molecule has 1 saturated heterocycles. The Kier molecular flexibility index (Phi) is 6.66.